The van der Waals surface area contributed by atoms with Crippen molar-refractivity contribution in [2.45, 2.75) is 58.3 Å². The average molecular weight is 425 g/mol. The molecule has 1 N–H and O–H groups in total. The van der Waals surface area contributed by atoms with Gasteiger partial charge in [0.2, 0.25) is 12.2 Å². The van der Waals surface area contributed by atoms with Gasteiger partial charge in [-0.05, 0) is 0 Å². The molecule has 1 saturated heterocycles. The predicted molar refractivity (Wildman–Crippen MR) is 89.9 cm³/mol. The van der Waals surface area contributed by atoms with Crippen LogP contribution in [0.2, 0.25) is 0 Å². The normalized spacial score (nSPS) is 27.4. The largest absolute Gasteiger partial charge is 0.456 e. The van der Waals surface area contributed by atoms with E-state index in [2.05, 4.69) is 5.32 Å². The highest BCUT2D eigenvalue weighted by Gasteiger charge is 2.52. The van der Waals surface area contributed by atoms with Crippen molar-refractivity contribution in [2.24, 2.45) is 0 Å². The van der Waals surface area contributed by atoms with Crippen LogP contribution in [0.4, 0.5) is 0 Å². The van der Waals surface area contributed by atoms with E-state index in [1.54, 1.807) is 0 Å². The lowest BCUT2D eigenvalue weighted by Crippen LogP contribution is -2.66. The molecular weight excluding hydrogens is 402 g/mol. The number of esters is 3. The number of hydrogen-bond donors (Lipinski definition) is 1. The van der Waals surface area contributed by atoms with E-state index in [0.29, 0.717) is 0 Å². The van der Waals surface area contributed by atoms with Crippen molar-refractivity contribution in [3.63, 3.8) is 0 Å². The summed E-state index contributed by atoms with van der Waals surface area (Å²) in [6, 6.07) is -1.23. The lowest BCUT2D eigenvalue weighted by atomic mass is 9.96. The van der Waals surface area contributed by atoms with Gasteiger partial charge in [-0.3, -0.25) is 23.4 Å². The summed E-state index contributed by atoms with van der Waals surface area (Å²) < 4.78 is 48.2. The summed E-state index contributed by atoms with van der Waals surface area (Å²) in [4.78, 5) is 46.1. The molecule has 1 fully saturated rings. The Hall–Kier alpha value is -2.25. The average Bonchev–Trinajstić information content (AvgIpc) is 2.48. The van der Waals surface area contributed by atoms with Crippen LogP contribution in [-0.2, 0) is 52.4 Å². The van der Waals surface area contributed by atoms with Crippen molar-refractivity contribution < 1.29 is 50.7 Å². The van der Waals surface area contributed by atoms with E-state index >= 15 is 0 Å². The summed E-state index contributed by atoms with van der Waals surface area (Å²) in [5.41, 5.74) is 0. The molecule has 0 aliphatic carbocycles. The monoisotopic (exact) mass is 425 g/mol. The van der Waals surface area contributed by atoms with Crippen molar-refractivity contribution in [1.29, 1.82) is 0 Å². The fourth-order valence-electron chi connectivity index (χ4n) is 2.55. The molecule has 0 radical (unpaired) electrons. The quantitative estimate of drug-likeness (QED) is 0.291. The van der Waals surface area contributed by atoms with Crippen LogP contribution in [0.3, 0.4) is 0 Å². The molecule has 0 bridgehead atoms. The molecule has 0 aromatic heterocycles. The second-order valence-corrected chi connectivity index (χ2v) is 7.66. The molecule has 12 nitrogen and oxygen atoms in total. The minimum Gasteiger partial charge on any atom is -0.456 e. The van der Waals surface area contributed by atoms with E-state index in [-0.39, 0.29) is 0 Å². The Bertz CT molecular complexity index is 719. The number of carbonyl (C=O) groups is 4. The van der Waals surface area contributed by atoms with Crippen LogP contribution in [0, 0.1) is 0 Å². The van der Waals surface area contributed by atoms with Crippen molar-refractivity contribution in [2.75, 3.05) is 12.9 Å². The molecule has 0 aromatic carbocycles. The van der Waals surface area contributed by atoms with Gasteiger partial charge in [0, 0.05) is 27.7 Å². The molecule has 28 heavy (non-hydrogen) atoms. The van der Waals surface area contributed by atoms with Gasteiger partial charge in [0.25, 0.3) is 10.1 Å². The second kappa shape index (κ2) is 9.80. The Morgan fingerprint density at radius 1 is 0.893 bits per heavy atom. The zero-order valence-corrected chi connectivity index (χ0v) is 16.8. The highest BCUT2D eigenvalue weighted by molar-refractivity contribution is 7.85. The maximum atomic E-state index is 11.6. The third-order valence-corrected chi connectivity index (χ3v) is 3.91. The zero-order chi connectivity index (χ0) is 21.6. The number of nitrogens with one attached hydrogen (secondary N) is 1. The van der Waals surface area contributed by atoms with Crippen LogP contribution in [0.25, 0.3) is 0 Å². The number of ether oxygens (including phenoxy) is 4. The predicted octanol–water partition coefficient (Wildman–Crippen LogP) is -1.38. The van der Waals surface area contributed by atoms with Crippen molar-refractivity contribution >= 4 is 33.9 Å². The third-order valence-electron chi connectivity index (χ3n) is 3.35. The van der Waals surface area contributed by atoms with E-state index in [1.165, 1.54) is 0 Å². The van der Waals surface area contributed by atoms with E-state index in [9.17, 15) is 27.6 Å². The van der Waals surface area contributed by atoms with Crippen molar-refractivity contribution in [3.05, 3.63) is 0 Å². The Kier molecular flexibility index (Phi) is 8.32. The van der Waals surface area contributed by atoms with Crippen molar-refractivity contribution in [3.8, 4) is 0 Å². The smallest absolute Gasteiger partial charge is 0.305 e. The standard InChI is InChI=1S/C15H23NO11S/c1-7(17)16-12-14(25-9(3)19)13(24-8(2)18)11(6-23-28(5,21)22)27-15(12)26-10(4)20/h11-15H,6H2,1-5H3,(H,16,17)/t11-,12-,13+,14-,15?/m1/s1. The molecule has 0 saturated carbocycles. The second-order valence-electron chi connectivity index (χ2n) is 6.02. The number of rotatable bonds is 7. The fraction of sp³-hybridized carbons (Fsp3) is 0.733. The van der Waals surface area contributed by atoms with E-state index < -0.39 is 71.2 Å². The first kappa shape index (κ1) is 23.8. The van der Waals surface area contributed by atoms with Gasteiger partial charge in [-0.25, -0.2) is 0 Å². The Morgan fingerprint density at radius 3 is 1.82 bits per heavy atom. The molecule has 13 heteroatoms. The number of amides is 1. The van der Waals surface area contributed by atoms with Crippen LogP contribution in [0.5, 0.6) is 0 Å². The van der Waals surface area contributed by atoms with Crippen LogP contribution < -0.4 is 5.32 Å². The van der Waals surface area contributed by atoms with Crippen LogP contribution in [0.1, 0.15) is 27.7 Å². The van der Waals surface area contributed by atoms with E-state index in [0.717, 1.165) is 34.0 Å². The van der Waals surface area contributed by atoms with Gasteiger partial charge in [-0.1, -0.05) is 0 Å². The number of carbonyl (C=O) groups excluding carboxylic acids is 4. The van der Waals surface area contributed by atoms with Crippen molar-refractivity contribution in [1.82, 2.24) is 5.32 Å². The molecule has 1 rings (SSSR count). The van der Waals surface area contributed by atoms with E-state index in [1.807, 2.05) is 0 Å². The van der Waals surface area contributed by atoms with Crippen LogP contribution in [0.15, 0.2) is 0 Å². The first-order valence-electron chi connectivity index (χ1n) is 8.08. The zero-order valence-electron chi connectivity index (χ0n) is 16.0. The van der Waals surface area contributed by atoms with Gasteiger partial charge in [-0.15, -0.1) is 0 Å². The van der Waals surface area contributed by atoms with Gasteiger partial charge in [-0.2, -0.15) is 8.42 Å². The van der Waals surface area contributed by atoms with Gasteiger partial charge in [0.05, 0.1) is 12.9 Å². The molecule has 1 aliphatic heterocycles. The molecule has 160 valence electrons. The number of hydrogen-bond acceptors (Lipinski definition) is 11. The van der Waals surface area contributed by atoms with Crippen LogP contribution >= 0.6 is 0 Å². The Balaban J connectivity index is 3.33. The summed E-state index contributed by atoms with van der Waals surface area (Å²) in [6.45, 7) is 3.77. The van der Waals surface area contributed by atoms with Gasteiger partial charge >= 0.3 is 17.9 Å². The summed E-state index contributed by atoms with van der Waals surface area (Å²) in [7, 11) is -3.89. The van der Waals surface area contributed by atoms with Crippen LogP contribution in [-0.4, -0.2) is 75.7 Å². The highest BCUT2D eigenvalue weighted by Crippen LogP contribution is 2.28. The lowest BCUT2D eigenvalue weighted by Gasteiger charge is -2.44. The molecule has 1 aliphatic rings. The lowest BCUT2D eigenvalue weighted by molar-refractivity contribution is -0.268. The molecular formula is C15H23NO11S. The highest BCUT2D eigenvalue weighted by atomic mass is 32.2. The Labute approximate surface area is 161 Å². The molecule has 5 atom stereocenters. The maximum Gasteiger partial charge on any atom is 0.305 e. The minimum atomic E-state index is -3.89. The van der Waals surface area contributed by atoms with E-state index in [4.69, 9.17) is 23.1 Å². The Morgan fingerprint density at radius 2 is 1.39 bits per heavy atom. The SMILES string of the molecule is CC(=O)N[C@H]1C(OC(C)=O)O[C@H](COS(C)(=O)=O)[C@H](OC(C)=O)[C@@H]1OC(C)=O. The fourth-order valence-corrected chi connectivity index (χ4v) is 2.93. The molecule has 1 heterocycles. The molecule has 1 amide bonds. The third kappa shape index (κ3) is 7.78. The summed E-state index contributed by atoms with van der Waals surface area (Å²) >= 11 is 0. The molecule has 0 aromatic rings. The minimum absolute atomic E-state index is 0.574. The molecule has 0 spiro atoms. The summed E-state index contributed by atoms with van der Waals surface area (Å²) in [5.74, 6) is -2.93. The van der Waals surface area contributed by atoms with Gasteiger partial charge in [0.1, 0.15) is 12.1 Å². The topological polar surface area (TPSA) is 161 Å². The van der Waals surface area contributed by atoms with Gasteiger partial charge < -0.3 is 24.3 Å². The maximum absolute atomic E-state index is 11.6. The first-order valence-corrected chi connectivity index (χ1v) is 9.90. The summed E-state index contributed by atoms with van der Waals surface area (Å²) in [5, 5.41) is 2.42. The molecule has 1 unspecified atom stereocenters. The first-order chi connectivity index (χ1) is 12.8. The summed E-state index contributed by atoms with van der Waals surface area (Å²) in [6.07, 6.45) is -4.67. The van der Waals surface area contributed by atoms with Gasteiger partial charge in [0.15, 0.2) is 12.2 Å².